The summed E-state index contributed by atoms with van der Waals surface area (Å²) in [6, 6.07) is 10.2. The third kappa shape index (κ3) is 3.07. The summed E-state index contributed by atoms with van der Waals surface area (Å²) >= 11 is 0. The molecule has 0 spiro atoms. The fourth-order valence-electron chi connectivity index (χ4n) is 1.22. The van der Waals surface area contributed by atoms with Gasteiger partial charge in [0, 0.05) is 6.54 Å². The molecule has 0 saturated carbocycles. The monoisotopic (exact) mass is 179 g/mol. The second-order valence-corrected chi connectivity index (χ2v) is 2.97. The van der Waals surface area contributed by atoms with Crippen molar-refractivity contribution in [2.24, 2.45) is 0 Å². The van der Waals surface area contributed by atoms with Crippen molar-refractivity contribution in [3.63, 3.8) is 0 Å². The van der Waals surface area contributed by atoms with E-state index in [0.29, 0.717) is 0 Å². The minimum atomic E-state index is 0.955. The molecular weight excluding hydrogens is 162 g/mol. The molecule has 2 heteroatoms. The number of hydroxylamine groups is 1. The Hall–Kier alpha value is -1.02. The molecule has 13 heavy (non-hydrogen) atoms. The Bertz CT molecular complexity index is 223. The maximum absolute atomic E-state index is 5.27. The first-order valence-electron chi connectivity index (χ1n) is 4.75. The molecule has 0 aliphatic carbocycles. The first kappa shape index (κ1) is 10.1. The number of para-hydroxylation sites is 1. The van der Waals surface area contributed by atoms with Gasteiger partial charge in [-0.2, -0.15) is 0 Å². The Kier molecular flexibility index (Phi) is 4.33. The Morgan fingerprint density at radius 2 is 1.92 bits per heavy atom. The lowest BCUT2D eigenvalue weighted by molar-refractivity contribution is 0.165. The minimum absolute atomic E-state index is 0.955. The van der Waals surface area contributed by atoms with Crippen LogP contribution in [0.2, 0.25) is 0 Å². The molecule has 0 N–H and O–H groups in total. The molecular formula is C11H17NO. The van der Waals surface area contributed by atoms with E-state index in [1.165, 1.54) is 6.42 Å². The molecule has 0 bridgehead atoms. The van der Waals surface area contributed by atoms with Crippen LogP contribution in [0.1, 0.15) is 19.8 Å². The summed E-state index contributed by atoms with van der Waals surface area (Å²) in [6.07, 6.45) is 2.34. The highest BCUT2D eigenvalue weighted by Crippen LogP contribution is 2.13. The molecule has 0 aliphatic rings. The van der Waals surface area contributed by atoms with Crippen LogP contribution < -0.4 is 5.06 Å². The van der Waals surface area contributed by atoms with E-state index in [0.717, 1.165) is 18.7 Å². The van der Waals surface area contributed by atoms with Gasteiger partial charge in [-0.1, -0.05) is 31.5 Å². The van der Waals surface area contributed by atoms with Crippen molar-refractivity contribution in [2.45, 2.75) is 19.8 Å². The zero-order valence-electron chi connectivity index (χ0n) is 8.36. The van der Waals surface area contributed by atoms with Crippen LogP contribution in [-0.2, 0) is 4.84 Å². The van der Waals surface area contributed by atoms with E-state index >= 15 is 0 Å². The second-order valence-electron chi connectivity index (χ2n) is 2.97. The molecule has 0 aromatic heterocycles. The number of hydrogen-bond donors (Lipinski definition) is 0. The molecule has 0 unspecified atom stereocenters. The minimum Gasteiger partial charge on any atom is -0.277 e. The summed E-state index contributed by atoms with van der Waals surface area (Å²) in [7, 11) is 1.71. The quantitative estimate of drug-likeness (QED) is 0.644. The zero-order valence-corrected chi connectivity index (χ0v) is 8.36. The molecule has 0 atom stereocenters. The van der Waals surface area contributed by atoms with E-state index in [1.54, 1.807) is 7.11 Å². The van der Waals surface area contributed by atoms with E-state index in [9.17, 15) is 0 Å². The zero-order chi connectivity index (χ0) is 9.52. The van der Waals surface area contributed by atoms with Crippen molar-refractivity contribution in [3.05, 3.63) is 30.3 Å². The van der Waals surface area contributed by atoms with E-state index in [1.807, 2.05) is 23.3 Å². The normalized spacial score (nSPS) is 10.0. The summed E-state index contributed by atoms with van der Waals surface area (Å²) in [6.45, 7) is 3.13. The lowest BCUT2D eigenvalue weighted by atomic mass is 10.3. The fraction of sp³-hybridized carbons (Fsp3) is 0.455. The molecule has 0 fully saturated rings. The van der Waals surface area contributed by atoms with Crippen LogP contribution in [-0.4, -0.2) is 13.7 Å². The van der Waals surface area contributed by atoms with Crippen LogP contribution in [0.5, 0.6) is 0 Å². The van der Waals surface area contributed by atoms with Gasteiger partial charge in [0.1, 0.15) is 0 Å². The standard InChI is InChI=1S/C11H17NO/c1-3-4-10-12(13-2)11-8-6-5-7-9-11/h5-9H,3-4,10H2,1-2H3. The SMILES string of the molecule is CCCCN(OC)c1ccccc1. The maximum atomic E-state index is 5.27. The van der Waals surface area contributed by atoms with Crippen LogP contribution in [0.4, 0.5) is 5.69 Å². The number of rotatable bonds is 5. The highest BCUT2D eigenvalue weighted by atomic mass is 16.7. The third-order valence-corrected chi connectivity index (χ3v) is 1.98. The van der Waals surface area contributed by atoms with E-state index in [-0.39, 0.29) is 0 Å². The predicted octanol–water partition coefficient (Wildman–Crippen LogP) is 2.85. The van der Waals surface area contributed by atoms with E-state index in [2.05, 4.69) is 19.1 Å². The maximum Gasteiger partial charge on any atom is 0.0639 e. The molecule has 0 heterocycles. The highest BCUT2D eigenvalue weighted by molar-refractivity contribution is 5.43. The van der Waals surface area contributed by atoms with Gasteiger partial charge in [-0.25, -0.2) is 0 Å². The Morgan fingerprint density at radius 1 is 1.23 bits per heavy atom. The Morgan fingerprint density at radius 3 is 2.46 bits per heavy atom. The van der Waals surface area contributed by atoms with Crippen molar-refractivity contribution in [1.29, 1.82) is 0 Å². The highest BCUT2D eigenvalue weighted by Gasteiger charge is 2.02. The van der Waals surface area contributed by atoms with Gasteiger partial charge in [0.05, 0.1) is 12.8 Å². The Labute approximate surface area is 80.1 Å². The van der Waals surface area contributed by atoms with Crippen LogP contribution >= 0.6 is 0 Å². The summed E-state index contributed by atoms with van der Waals surface area (Å²) in [4.78, 5) is 5.27. The number of benzene rings is 1. The van der Waals surface area contributed by atoms with Gasteiger partial charge < -0.3 is 0 Å². The van der Waals surface area contributed by atoms with Gasteiger partial charge >= 0.3 is 0 Å². The first-order valence-corrected chi connectivity index (χ1v) is 4.75. The van der Waals surface area contributed by atoms with Crippen molar-refractivity contribution < 1.29 is 4.84 Å². The van der Waals surface area contributed by atoms with Crippen LogP contribution in [0.3, 0.4) is 0 Å². The summed E-state index contributed by atoms with van der Waals surface area (Å²) in [5, 5.41) is 1.92. The van der Waals surface area contributed by atoms with Crippen LogP contribution in [0.15, 0.2) is 30.3 Å². The largest absolute Gasteiger partial charge is 0.277 e. The predicted molar refractivity (Wildman–Crippen MR) is 55.7 cm³/mol. The summed E-state index contributed by atoms with van der Waals surface area (Å²) in [5.74, 6) is 0. The van der Waals surface area contributed by atoms with Gasteiger partial charge in [0.25, 0.3) is 0 Å². The molecule has 0 radical (unpaired) electrons. The van der Waals surface area contributed by atoms with E-state index in [4.69, 9.17) is 4.84 Å². The van der Waals surface area contributed by atoms with Gasteiger partial charge in [-0.15, -0.1) is 0 Å². The molecule has 0 saturated heterocycles. The van der Waals surface area contributed by atoms with Gasteiger partial charge in [-0.05, 0) is 18.6 Å². The number of unbranched alkanes of at least 4 members (excludes halogenated alkanes) is 1. The number of nitrogens with zero attached hydrogens (tertiary/aromatic N) is 1. The topological polar surface area (TPSA) is 12.5 Å². The van der Waals surface area contributed by atoms with E-state index < -0.39 is 0 Å². The molecule has 72 valence electrons. The number of anilines is 1. The van der Waals surface area contributed by atoms with Crippen LogP contribution in [0, 0.1) is 0 Å². The van der Waals surface area contributed by atoms with Crippen LogP contribution in [0.25, 0.3) is 0 Å². The summed E-state index contributed by atoms with van der Waals surface area (Å²) in [5.41, 5.74) is 1.12. The molecule has 0 aliphatic heterocycles. The second kappa shape index (κ2) is 5.60. The van der Waals surface area contributed by atoms with Gasteiger partial charge in [-0.3, -0.25) is 9.90 Å². The smallest absolute Gasteiger partial charge is 0.0639 e. The lowest BCUT2D eigenvalue weighted by Crippen LogP contribution is -2.22. The average molecular weight is 179 g/mol. The average Bonchev–Trinajstić information content (AvgIpc) is 2.21. The van der Waals surface area contributed by atoms with Crippen molar-refractivity contribution >= 4 is 5.69 Å². The third-order valence-electron chi connectivity index (χ3n) is 1.98. The first-order chi connectivity index (χ1) is 6.38. The number of hydrogen-bond acceptors (Lipinski definition) is 2. The molecule has 1 aromatic carbocycles. The lowest BCUT2D eigenvalue weighted by Gasteiger charge is -2.21. The molecule has 0 amide bonds. The van der Waals surface area contributed by atoms with Gasteiger partial charge in [0.2, 0.25) is 0 Å². The molecule has 1 aromatic rings. The molecule has 1 rings (SSSR count). The Balaban J connectivity index is 2.56. The van der Waals surface area contributed by atoms with Gasteiger partial charge in [0.15, 0.2) is 0 Å². The summed E-state index contributed by atoms with van der Waals surface area (Å²) < 4.78 is 0. The van der Waals surface area contributed by atoms with Crippen molar-refractivity contribution in [3.8, 4) is 0 Å². The van der Waals surface area contributed by atoms with Crippen molar-refractivity contribution in [1.82, 2.24) is 0 Å². The molecule has 2 nitrogen and oxygen atoms in total. The fourth-order valence-corrected chi connectivity index (χ4v) is 1.22. The van der Waals surface area contributed by atoms with Crippen molar-refractivity contribution in [2.75, 3.05) is 18.7 Å².